The van der Waals surface area contributed by atoms with Gasteiger partial charge in [0.05, 0.1) is 15.6 Å². The summed E-state index contributed by atoms with van der Waals surface area (Å²) >= 11 is 11.8. The van der Waals surface area contributed by atoms with Crippen molar-refractivity contribution in [3.05, 3.63) is 58.1 Å². The van der Waals surface area contributed by atoms with E-state index in [1.807, 2.05) is 0 Å². The van der Waals surface area contributed by atoms with Gasteiger partial charge in [-0.3, -0.25) is 4.79 Å². The lowest BCUT2D eigenvalue weighted by atomic mass is 10.2. The molecule has 0 atom stereocenters. The molecular formula is C13H10Cl2N2O3S. The zero-order chi connectivity index (χ0) is 15.6. The largest absolute Gasteiger partial charge is 0.322 e. The van der Waals surface area contributed by atoms with Crippen LogP contribution in [0.5, 0.6) is 0 Å². The Morgan fingerprint density at radius 1 is 1.05 bits per heavy atom. The van der Waals surface area contributed by atoms with Gasteiger partial charge in [-0.2, -0.15) is 0 Å². The van der Waals surface area contributed by atoms with Crippen LogP contribution in [-0.4, -0.2) is 14.3 Å². The molecule has 1 amide bonds. The van der Waals surface area contributed by atoms with Gasteiger partial charge in [-0.05, 0) is 30.3 Å². The predicted molar refractivity (Wildman–Crippen MR) is 82.2 cm³/mol. The summed E-state index contributed by atoms with van der Waals surface area (Å²) in [5, 5.41) is 7.81. The lowest BCUT2D eigenvalue weighted by Crippen LogP contribution is -2.14. The highest BCUT2D eigenvalue weighted by Crippen LogP contribution is 2.25. The van der Waals surface area contributed by atoms with E-state index in [0.29, 0.717) is 16.3 Å². The summed E-state index contributed by atoms with van der Waals surface area (Å²) in [4.78, 5) is 11.8. The molecule has 2 aromatic rings. The van der Waals surface area contributed by atoms with Crippen LogP contribution in [0.4, 0.5) is 5.69 Å². The van der Waals surface area contributed by atoms with Crippen LogP contribution in [-0.2, 0) is 10.0 Å². The molecule has 0 fully saturated rings. The Morgan fingerprint density at radius 2 is 1.71 bits per heavy atom. The maximum absolute atomic E-state index is 12.0. The maximum Gasteiger partial charge on any atom is 0.257 e. The fraction of sp³-hybridized carbons (Fsp3) is 0. The second-order valence-electron chi connectivity index (χ2n) is 4.12. The molecule has 0 aliphatic heterocycles. The second kappa shape index (κ2) is 6.03. The Kier molecular flexibility index (Phi) is 4.53. The van der Waals surface area contributed by atoms with E-state index in [2.05, 4.69) is 5.32 Å². The van der Waals surface area contributed by atoms with E-state index in [-0.39, 0.29) is 9.92 Å². The summed E-state index contributed by atoms with van der Waals surface area (Å²) in [6.45, 7) is 0. The predicted octanol–water partition coefficient (Wildman–Crippen LogP) is 2.89. The molecule has 0 heterocycles. The van der Waals surface area contributed by atoms with Gasteiger partial charge < -0.3 is 5.32 Å². The van der Waals surface area contributed by atoms with Gasteiger partial charge in [-0.25, -0.2) is 13.6 Å². The minimum Gasteiger partial charge on any atom is -0.322 e. The number of carbonyl (C=O) groups is 1. The fourth-order valence-corrected chi connectivity index (χ4v) is 2.97. The smallest absolute Gasteiger partial charge is 0.257 e. The number of amides is 1. The van der Waals surface area contributed by atoms with Gasteiger partial charge >= 0.3 is 0 Å². The maximum atomic E-state index is 12.0. The third-order valence-corrected chi connectivity index (χ3v) is 4.34. The number of nitrogens with two attached hydrogens (primary N) is 1. The van der Waals surface area contributed by atoms with Gasteiger partial charge in [0.15, 0.2) is 0 Å². The molecule has 110 valence electrons. The lowest BCUT2D eigenvalue weighted by Gasteiger charge is -2.08. The van der Waals surface area contributed by atoms with Crippen molar-refractivity contribution in [3.8, 4) is 0 Å². The van der Waals surface area contributed by atoms with Crippen molar-refractivity contribution in [2.75, 3.05) is 5.32 Å². The normalized spacial score (nSPS) is 11.2. The van der Waals surface area contributed by atoms with Gasteiger partial charge in [-0.15, -0.1) is 0 Å². The van der Waals surface area contributed by atoms with Crippen LogP contribution in [0, 0.1) is 0 Å². The summed E-state index contributed by atoms with van der Waals surface area (Å²) in [5.74, 6) is -0.431. The highest BCUT2D eigenvalue weighted by atomic mass is 35.5. The number of halogens is 2. The average molecular weight is 345 g/mol. The average Bonchev–Trinajstić information content (AvgIpc) is 2.37. The molecule has 3 N–H and O–H groups in total. The standard InChI is InChI=1S/C13H10Cl2N2O3S/c14-10-4-2-1-3-9(10)13(18)17-8-5-6-12(11(15)7-8)21(16,19)20/h1-7H,(H,17,18)(H2,16,19,20). The van der Waals surface area contributed by atoms with Gasteiger partial charge in [0.1, 0.15) is 4.90 Å². The molecule has 0 spiro atoms. The molecule has 0 aliphatic rings. The quantitative estimate of drug-likeness (QED) is 0.896. The Morgan fingerprint density at radius 3 is 2.29 bits per heavy atom. The van der Waals surface area contributed by atoms with Crippen LogP contribution in [0.3, 0.4) is 0 Å². The lowest BCUT2D eigenvalue weighted by molar-refractivity contribution is 0.102. The first-order valence-electron chi connectivity index (χ1n) is 5.67. The highest BCUT2D eigenvalue weighted by Gasteiger charge is 2.15. The summed E-state index contributed by atoms with van der Waals surface area (Å²) in [7, 11) is -3.90. The molecule has 2 aromatic carbocycles. The number of primary sulfonamides is 1. The van der Waals surface area contributed by atoms with E-state index in [9.17, 15) is 13.2 Å². The zero-order valence-electron chi connectivity index (χ0n) is 10.5. The SMILES string of the molecule is NS(=O)(=O)c1ccc(NC(=O)c2ccccc2Cl)cc1Cl. The number of sulfonamides is 1. The topological polar surface area (TPSA) is 89.3 Å². The first kappa shape index (κ1) is 15.8. The van der Waals surface area contributed by atoms with Crippen LogP contribution in [0.1, 0.15) is 10.4 Å². The minimum atomic E-state index is -3.90. The van der Waals surface area contributed by atoms with Crippen molar-refractivity contribution in [2.24, 2.45) is 5.14 Å². The van der Waals surface area contributed by atoms with Crippen LogP contribution >= 0.6 is 23.2 Å². The molecule has 0 aromatic heterocycles. The van der Waals surface area contributed by atoms with Crippen LogP contribution in [0.2, 0.25) is 10.0 Å². The molecule has 0 saturated carbocycles. The number of benzene rings is 2. The summed E-state index contributed by atoms with van der Waals surface area (Å²) in [6, 6.07) is 10.5. The van der Waals surface area contributed by atoms with Crippen molar-refractivity contribution in [2.45, 2.75) is 4.90 Å². The van der Waals surface area contributed by atoms with E-state index in [4.69, 9.17) is 28.3 Å². The molecule has 0 bridgehead atoms. The molecule has 0 unspecified atom stereocenters. The number of anilines is 1. The van der Waals surface area contributed by atoms with Crippen molar-refractivity contribution in [1.82, 2.24) is 0 Å². The fourth-order valence-electron chi connectivity index (χ4n) is 1.65. The van der Waals surface area contributed by atoms with E-state index in [1.54, 1.807) is 24.3 Å². The number of rotatable bonds is 3. The van der Waals surface area contributed by atoms with E-state index < -0.39 is 15.9 Å². The first-order valence-corrected chi connectivity index (χ1v) is 7.97. The van der Waals surface area contributed by atoms with Gasteiger partial charge in [-0.1, -0.05) is 35.3 Å². The number of carbonyl (C=O) groups excluding carboxylic acids is 1. The van der Waals surface area contributed by atoms with E-state index >= 15 is 0 Å². The molecule has 2 rings (SSSR count). The summed E-state index contributed by atoms with van der Waals surface area (Å²) in [5.41, 5.74) is 0.628. The molecule has 5 nitrogen and oxygen atoms in total. The molecule has 0 saturated heterocycles. The van der Waals surface area contributed by atoms with Crippen molar-refractivity contribution in [1.29, 1.82) is 0 Å². The van der Waals surface area contributed by atoms with Crippen molar-refractivity contribution in [3.63, 3.8) is 0 Å². The number of hydrogen-bond donors (Lipinski definition) is 2. The monoisotopic (exact) mass is 344 g/mol. The Balaban J connectivity index is 2.27. The Bertz CT molecular complexity index is 807. The van der Waals surface area contributed by atoms with E-state index in [1.165, 1.54) is 18.2 Å². The van der Waals surface area contributed by atoms with Crippen LogP contribution in [0.25, 0.3) is 0 Å². The van der Waals surface area contributed by atoms with Crippen molar-refractivity contribution < 1.29 is 13.2 Å². The first-order chi connectivity index (χ1) is 9.79. The van der Waals surface area contributed by atoms with Gasteiger partial charge in [0.2, 0.25) is 10.0 Å². The summed E-state index contributed by atoms with van der Waals surface area (Å²) < 4.78 is 22.5. The highest BCUT2D eigenvalue weighted by molar-refractivity contribution is 7.89. The number of hydrogen-bond acceptors (Lipinski definition) is 3. The number of nitrogens with one attached hydrogen (secondary N) is 1. The van der Waals surface area contributed by atoms with Gasteiger partial charge in [0.25, 0.3) is 5.91 Å². The third kappa shape index (κ3) is 3.74. The van der Waals surface area contributed by atoms with Crippen molar-refractivity contribution >= 4 is 44.8 Å². The van der Waals surface area contributed by atoms with Crippen LogP contribution < -0.4 is 10.5 Å². The molecular weight excluding hydrogens is 335 g/mol. The van der Waals surface area contributed by atoms with Crippen LogP contribution in [0.15, 0.2) is 47.4 Å². The Labute approximate surface area is 131 Å². The minimum absolute atomic E-state index is 0.0746. The third-order valence-electron chi connectivity index (χ3n) is 2.61. The molecule has 0 aliphatic carbocycles. The zero-order valence-corrected chi connectivity index (χ0v) is 12.8. The molecule has 8 heteroatoms. The Hall–Kier alpha value is -1.60. The van der Waals surface area contributed by atoms with Gasteiger partial charge in [0, 0.05) is 5.69 Å². The molecule has 21 heavy (non-hydrogen) atoms. The van der Waals surface area contributed by atoms with E-state index in [0.717, 1.165) is 0 Å². The second-order valence-corrected chi connectivity index (χ2v) is 6.47. The molecule has 0 radical (unpaired) electrons. The summed E-state index contributed by atoms with van der Waals surface area (Å²) in [6.07, 6.45) is 0.